The minimum atomic E-state index is -0.980. The van der Waals surface area contributed by atoms with E-state index in [2.05, 4.69) is 9.97 Å². The summed E-state index contributed by atoms with van der Waals surface area (Å²) in [6.45, 7) is 0. The van der Waals surface area contributed by atoms with Crippen LogP contribution in [0.15, 0.2) is 48.8 Å². The first-order valence-electron chi connectivity index (χ1n) is 6.88. The maximum absolute atomic E-state index is 11.8. The number of fused-ring (bicyclic) bond motifs is 2. The number of benzene rings is 2. The quantitative estimate of drug-likeness (QED) is 0.593. The number of aromatic carboxylic acids is 1. The van der Waals surface area contributed by atoms with Gasteiger partial charge in [0.05, 0.1) is 5.56 Å². The van der Waals surface area contributed by atoms with Crippen LogP contribution >= 0.6 is 0 Å². The topological polar surface area (TPSA) is 75.2 Å². The van der Waals surface area contributed by atoms with Crippen molar-refractivity contribution in [1.29, 1.82) is 0 Å². The minimum absolute atomic E-state index is 0.238. The van der Waals surface area contributed by atoms with Crippen molar-refractivity contribution in [3.63, 3.8) is 0 Å². The van der Waals surface area contributed by atoms with Crippen molar-refractivity contribution in [2.45, 2.75) is 6.42 Å². The number of nitrogens with zero attached hydrogens (tertiary/aromatic N) is 1. The van der Waals surface area contributed by atoms with Crippen LogP contribution in [0.1, 0.15) is 21.5 Å². The number of aromatic nitrogens is 2. The molecule has 1 aliphatic rings. The fraction of sp³-hybridized carbons (Fsp3) is 0.0588. The number of carbonyl (C=O) groups is 1. The number of carboxylic acids is 1. The first kappa shape index (κ1) is 12.6. The smallest absolute Gasteiger partial charge is 0.336 e. The van der Waals surface area contributed by atoms with Gasteiger partial charge in [-0.25, -0.2) is 9.78 Å². The average Bonchev–Trinajstić information content (AvgIpc) is 3.05. The molecule has 0 saturated heterocycles. The molecule has 1 aromatic heterocycles. The fourth-order valence-corrected chi connectivity index (χ4v) is 2.81. The molecule has 0 spiro atoms. The van der Waals surface area contributed by atoms with E-state index in [9.17, 15) is 9.90 Å². The molecule has 0 aliphatic carbocycles. The third-order valence-corrected chi connectivity index (χ3v) is 3.80. The second-order valence-corrected chi connectivity index (χ2v) is 5.09. The number of ether oxygens (including phenoxy) is 1. The molecule has 1 aliphatic heterocycles. The van der Waals surface area contributed by atoms with Crippen LogP contribution in [0.5, 0.6) is 11.5 Å². The Morgan fingerprint density at radius 1 is 1.18 bits per heavy atom. The second kappa shape index (κ2) is 4.73. The first-order chi connectivity index (χ1) is 10.7. The molecule has 2 heterocycles. The van der Waals surface area contributed by atoms with Gasteiger partial charge in [0.1, 0.15) is 17.3 Å². The number of para-hydroxylation sites is 1. The lowest BCUT2D eigenvalue weighted by Gasteiger charge is -2.22. The van der Waals surface area contributed by atoms with Gasteiger partial charge < -0.3 is 14.8 Å². The van der Waals surface area contributed by atoms with Crippen molar-refractivity contribution < 1.29 is 14.6 Å². The molecule has 3 aromatic rings. The summed E-state index contributed by atoms with van der Waals surface area (Å²) in [4.78, 5) is 18.9. The summed E-state index contributed by atoms with van der Waals surface area (Å²) in [5.41, 5.74) is 2.47. The zero-order valence-corrected chi connectivity index (χ0v) is 11.5. The summed E-state index contributed by atoms with van der Waals surface area (Å²) in [5, 5.41) is 9.67. The van der Waals surface area contributed by atoms with Gasteiger partial charge in [0.25, 0.3) is 0 Å². The highest BCUT2D eigenvalue weighted by Crippen LogP contribution is 2.40. The molecule has 5 heteroatoms. The van der Waals surface area contributed by atoms with E-state index in [1.807, 2.05) is 24.3 Å². The molecule has 2 N–H and O–H groups in total. The van der Waals surface area contributed by atoms with E-state index in [0.717, 1.165) is 11.3 Å². The third kappa shape index (κ3) is 1.87. The van der Waals surface area contributed by atoms with Crippen LogP contribution in [-0.2, 0) is 6.42 Å². The number of hydrogen-bond acceptors (Lipinski definition) is 3. The standard InChI is InChI=1S/C17H12N2O3/c20-17(21)15-11(16-18-7-8-19-16)5-6-14-12(15)9-10-3-1-2-4-13(10)22-14/h1-8H,9H2,(H,18,19)(H,20,21). The highest BCUT2D eigenvalue weighted by atomic mass is 16.5. The Morgan fingerprint density at radius 2 is 2.05 bits per heavy atom. The van der Waals surface area contributed by atoms with Crippen molar-refractivity contribution in [1.82, 2.24) is 9.97 Å². The van der Waals surface area contributed by atoms with Crippen LogP contribution in [0.2, 0.25) is 0 Å². The molecule has 5 nitrogen and oxygen atoms in total. The van der Waals surface area contributed by atoms with Crippen LogP contribution in [0.4, 0.5) is 0 Å². The first-order valence-corrected chi connectivity index (χ1v) is 6.88. The molecular weight excluding hydrogens is 280 g/mol. The highest BCUT2D eigenvalue weighted by molar-refractivity contribution is 5.98. The number of rotatable bonds is 2. The van der Waals surface area contributed by atoms with Gasteiger partial charge in [-0.15, -0.1) is 0 Å². The maximum atomic E-state index is 11.8. The van der Waals surface area contributed by atoms with Crippen molar-refractivity contribution in [2.24, 2.45) is 0 Å². The van der Waals surface area contributed by atoms with Gasteiger partial charge >= 0.3 is 5.97 Å². The number of hydrogen-bond donors (Lipinski definition) is 2. The molecule has 0 saturated carbocycles. The predicted molar refractivity (Wildman–Crippen MR) is 80.3 cm³/mol. The Bertz CT molecular complexity index is 870. The number of nitrogens with one attached hydrogen (secondary N) is 1. The molecule has 0 unspecified atom stereocenters. The van der Waals surface area contributed by atoms with Crippen molar-refractivity contribution in [3.8, 4) is 22.9 Å². The van der Waals surface area contributed by atoms with E-state index in [-0.39, 0.29) is 5.56 Å². The number of H-pyrrole nitrogens is 1. The van der Waals surface area contributed by atoms with Crippen molar-refractivity contribution in [3.05, 3.63) is 65.5 Å². The van der Waals surface area contributed by atoms with Gasteiger partial charge in [0.15, 0.2) is 0 Å². The summed E-state index contributed by atoms with van der Waals surface area (Å²) in [7, 11) is 0. The number of carboxylic acid groups (broad SMARTS) is 1. The fourth-order valence-electron chi connectivity index (χ4n) is 2.81. The second-order valence-electron chi connectivity index (χ2n) is 5.09. The predicted octanol–water partition coefficient (Wildman–Crippen LogP) is 3.47. The molecule has 22 heavy (non-hydrogen) atoms. The van der Waals surface area contributed by atoms with Crippen molar-refractivity contribution in [2.75, 3.05) is 0 Å². The molecule has 0 fully saturated rings. The molecule has 2 aromatic carbocycles. The Hall–Kier alpha value is -3.08. The van der Waals surface area contributed by atoms with E-state index in [0.29, 0.717) is 29.1 Å². The van der Waals surface area contributed by atoms with Crippen LogP contribution in [0.25, 0.3) is 11.4 Å². The van der Waals surface area contributed by atoms with Gasteiger partial charge in [-0.05, 0) is 23.8 Å². The number of aromatic amines is 1. The van der Waals surface area contributed by atoms with E-state index < -0.39 is 5.97 Å². The summed E-state index contributed by atoms with van der Waals surface area (Å²) in [6.07, 6.45) is 3.81. The maximum Gasteiger partial charge on any atom is 0.336 e. The van der Waals surface area contributed by atoms with Gasteiger partial charge in [0.2, 0.25) is 0 Å². The minimum Gasteiger partial charge on any atom is -0.478 e. The highest BCUT2D eigenvalue weighted by Gasteiger charge is 2.26. The van der Waals surface area contributed by atoms with Gasteiger partial charge in [-0.3, -0.25) is 0 Å². The summed E-state index contributed by atoms with van der Waals surface area (Å²) < 4.78 is 5.85. The molecule has 0 radical (unpaired) electrons. The SMILES string of the molecule is O=C(O)c1c(-c2ncc[nH]2)ccc2c1Cc1ccccc1O2. The summed E-state index contributed by atoms with van der Waals surface area (Å²) >= 11 is 0. The van der Waals surface area contributed by atoms with Crippen LogP contribution in [0, 0.1) is 0 Å². The van der Waals surface area contributed by atoms with Gasteiger partial charge in [-0.2, -0.15) is 0 Å². The Labute approximate surface area is 126 Å². The van der Waals surface area contributed by atoms with E-state index in [1.54, 1.807) is 24.5 Å². The van der Waals surface area contributed by atoms with Gasteiger partial charge in [0, 0.05) is 29.9 Å². The van der Waals surface area contributed by atoms with Crippen LogP contribution < -0.4 is 4.74 Å². The molecule has 108 valence electrons. The van der Waals surface area contributed by atoms with Crippen LogP contribution in [-0.4, -0.2) is 21.0 Å². The zero-order chi connectivity index (χ0) is 15.1. The van der Waals surface area contributed by atoms with E-state index >= 15 is 0 Å². The summed E-state index contributed by atoms with van der Waals surface area (Å²) in [5.74, 6) is 0.925. The third-order valence-electron chi connectivity index (χ3n) is 3.80. The number of imidazole rings is 1. The molecule has 0 atom stereocenters. The monoisotopic (exact) mass is 292 g/mol. The average molecular weight is 292 g/mol. The normalized spacial score (nSPS) is 12.2. The lowest BCUT2D eigenvalue weighted by atomic mass is 9.92. The lowest BCUT2D eigenvalue weighted by Crippen LogP contribution is -2.11. The van der Waals surface area contributed by atoms with Crippen LogP contribution in [0.3, 0.4) is 0 Å². The molecule has 0 amide bonds. The molecule has 0 bridgehead atoms. The molecular formula is C17H12N2O3. The summed E-state index contributed by atoms with van der Waals surface area (Å²) in [6, 6.07) is 11.2. The van der Waals surface area contributed by atoms with E-state index in [4.69, 9.17) is 4.74 Å². The lowest BCUT2D eigenvalue weighted by molar-refractivity contribution is 0.0696. The van der Waals surface area contributed by atoms with E-state index in [1.165, 1.54) is 0 Å². The van der Waals surface area contributed by atoms with Gasteiger partial charge in [-0.1, -0.05) is 18.2 Å². The van der Waals surface area contributed by atoms with Crippen molar-refractivity contribution >= 4 is 5.97 Å². The Kier molecular flexibility index (Phi) is 2.72. The largest absolute Gasteiger partial charge is 0.478 e. The molecule has 4 rings (SSSR count). The Morgan fingerprint density at radius 3 is 2.82 bits per heavy atom. The zero-order valence-electron chi connectivity index (χ0n) is 11.5. The Balaban J connectivity index is 1.93.